The molecule has 1 N–H and O–H groups in total. The predicted molar refractivity (Wildman–Crippen MR) is 105 cm³/mol. The Morgan fingerprint density at radius 1 is 1.15 bits per heavy atom. The van der Waals surface area contributed by atoms with Gasteiger partial charge in [0.25, 0.3) is 0 Å². The molecular formula is C21H28FN3O2. The summed E-state index contributed by atoms with van der Waals surface area (Å²) in [6.45, 7) is 7.47. The number of aryl methyl sites for hydroxylation is 1. The number of likely N-dealkylation sites (N-methyl/N-ethyl adjacent to an activating group) is 1. The molecule has 146 valence electrons. The number of benzene rings is 1. The van der Waals surface area contributed by atoms with Crippen LogP contribution in [-0.2, 0) is 11.3 Å². The molecule has 1 heterocycles. The number of nitrogens with one attached hydrogen (secondary N) is 1. The van der Waals surface area contributed by atoms with Crippen molar-refractivity contribution in [2.75, 3.05) is 26.7 Å². The number of rotatable bonds is 9. The highest BCUT2D eigenvalue weighted by molar-refractivity contribution is 5.99. The van der Waals surface area contributed by atoms with Gasteiger partial charge in [-0.2, -0.15) is 0 Å². The molecule has 0 saturated carbocycles. The molecule has 0 atom stereocenters. The van der Waals surface area contributed by atoms with Crippen molar-refractivity contribution in [3.8, 4) is 0 Å². The number of hydrogen-bond donors (Lipinski definition) is 1. The van der Waals surface area contributed by atoms with Gasteiger partial charge in [-0.05, 0) is 51.1 Å². The molecule has 0 unspecified atom stereocenters. The van der Waals surface area contributed by atoms with Crippen LogP contribution in [0.15, 0.2) is 30.3 Å². The molecule has 0 radical (unpaired) electrons. The minimum absolute atomic E-state index is 0.0146. The Morgan fingerprint density at radius 2 is 1.81 bits per heavy atom. The number of nitrogens with zero attached hydrogens (tertiary/aromatic N) is 2. The van der Waals surface area contributed by atoms with Crippen LogP contribution in [0.25, 0.3) is 0 Å². The average Bonchev–Trinajstić information content (AvgIpc) is 2.90. The van der Waals surface area contributed by atoms with Gasteiger partial charge in [0.2, 0.25) is 5.91 Å². The van der Waals surface area contributed by atoms with Crippen LogP contribution in [0.2, 0.25) is 0 Å². The topological polar surface area (TPSA) is 54.3 Å². The van der Waals surface area contributed by atoms with Crippen LogP contribution in [0.3, 0.4) is 0 Å². The molecule has 0 aliphatic rings. The fourth-order valence-corrected chi connectivity index (χ4v) is 3.05. The number of carbonyl (C=O) groups is 2. The van der Waals surface area contributed by atoms with Crippen molar-refractivity contribution in [1.29, 1.82) is 0 Å². The monoisotopic (exact) mass is 373 g/mol. The second-order valence-corrected chi connectivity index (χ2v) is 6.94. The van der Waals surface area contributed by atoms with Gasteiger partial charge in [0, 0.05) is 30.0 Å². The van der Waals surface area contributed by atoms with Crippen molar-refractivity contribution in [3.05, 3.63) is 58.7 Å². The molecule has 0 aliphatic heterocycles. The van der Waals surface area contributed by atoms with E-state index in [4.69, 9.17) is 0 Å². The van der Waals surface area contributed by atoms with Gasteiger partial charge < -0.3 is 9.88 Å². The van der Waals surface area contributed by atoms with Crippen molar-refractivity contribution in [1.82, 2.24) is 14.8 Å². The quantitative estimate of drug-likeness (QED) is 0.688. The van der Waals surface area contributed by atoms with Gasteiger partial charge in [-0.15, -0.1) is 0 Å². The highest BCUT2D eigenvalue weighted by Crippen LogP contribution is 2.18. The summed E-state index contributed by atoms with van der Waals surface area (Å²) in [4.78, 5) is 26.2. The molecule has 1 aromatic carbocycles. The average molecular weight is 373 g/mol. The Bertz CT molecular complexity index is 797. The molecule has 2 aromatic rings. The Hall–Kier alpha value is -2.47. The maximum Gasteiger partial charge on any atom is 0.234 e. The molecule has 0 aliphatic carbocycles. The molecule has 27 heavy (non-hydrogen) atoms. The van der Waals surface area contributed by atoms with Crippen LogP contribution in [0.5, 0.6) is 0 Å². The van der Waals surface area contributed by atoms with Gasteiger partial charge in [-0.25, -0.2) is 4.39 Å². The zero-order chi connectivity index (χ0) is 20.0. The van der Waals surface area contributed by atoms with Crippen molar-refractivity contribution in [2.24, 2.45) is 0 Å². The summed E-state index contributed by atoms with van der Waals surface area (Å²) in [6.07, 6.45) is 0.883. The second-order valence-electron chi connectivity index (χ2n) is 6.94. The van der Waals surface area contributed by atoms with Gasteiger partial charge in [0.15, 0.2) is 5.78 Å². The van der Waals surface area contributed by atoms with Crippen LogP contribution < -0.4 is 5.32 Å². The van der Waals surface area contributed by atoms with Crippen LogP contribution in [0.4, 0.5) is 4.39 Å². The summed E-state index contributed by atoms with van der Waals surface area (Å²) in [5.74, 6) is -0.352. The fraction of sp³-hybridized carbons (Fsp3) is 0.429. The van der Waals surface area contributed by atoms with E-state index in [2.05, 4.69) is 9.88 Å². The van der Waals surface area contributed by atoms with Gasteiger partial charge in [0.1, 0.15) is 5.82 Å². The smallest absolute Gasteiger partial charge is 0.234 e. The van der Waals surface area contributed by atoms with Crippen LogP contribution in [0.1, 0.15) is 40.7 Å². The molecule has 0 fully saturated rings. The number of halogens is 1. The van der Waals surface area contributed by atoms with Crippen LogP contribution >= 0.6 is 0 Å². The maximum atomic E-state index is 13.1. The van der Waals surface area contributed by atoms with E-state index in [1.165, 1.54) is 12.1 Å². The molecular weight excluding hydrogens is 345 g/mol. The molecule has 6 heteroatoms. The van der Waals surface area contributed by atoms with Gasteiger partial charge in [0.05, 0.1) is 13.1 Å². The number of amides is 1. The zero-order valence-corrected chi connectivity index (χ0v) is 16.5. The summed E-state index contributed by atoms with van der Waals surface area (Å²) in [7, 11) is 1.77. The van der Waals surface area contributed by atoms with Crippen LogP contribution in [-0.4, -0.2) is 47.8 Å². The summed E-state index contributed by atoms with van der Waals surface area (Å²) in [6, 6.07) is 8.26. The number of ketones is 1. The first kappa shape index (κ1) is 20.8. The summed E-state index contributed by atoms with van der Waals surface area (Å²) in [5.41, 5.74) is 3.49. The molecule has 0 spiro atoms. The summed E-state index contributed by atoms with van der Waals surface area (Å²) >= 11 is 0. The van der Waals surface area contributed by atoms with Crippen molar-refractivity contribution in [2.45, 2.75) is 33.7 Å². The Kier molecular flexibility index (Phi) is 7.30. The molecule has 1 aromatic heterocycles. The lowest BCUT2D eigenvalue weighted by Crippen LogP contribution is -2.37. The van der Waals surface area contributed by atoms with E-state index in [9.17, 15) is 14.0 Å². The highest BCUT2D eigenvalue weighted by Gasteiger charge is 2.18. The van der Waals surface area contributed by atoms with Crippen molar-refractivity contribution >= 4 is 11.7 Å². The number of Topliss-reactive ketones (excluding diaryl/α,β-unsaturated/α-hetero) is 1. The Balaban J connectivity index is 2.04. The molecule has 0 bridgehead atoms. The van der Waals surface area contributed by atoms with E-state index in [0.717, 1.165) is 23.4 Å². The van der Waals surface area contributed by atoms with E-state index in [-0.39, 0.29) is 30.6 Å². The lowest BCUT2D eigenvalue weighted by molar-refractivity contribution is -0.121. The lowest BCUT2D eigenvalue weighted by atomic mass is 10.1. The van der Waals surface area contributed by atoms with E-state index < -0.39 is 0 Å². The van der Waals surface area contributed by atoms with Crippen molar-refractivity contribution < 1.29 is 14.0 Å². The minimum Gasteiger partial charge on any atom is -0.355 e. The largest absolute Gasteiger partial charge is 0.355 e. The third kappa shape index (κ3) is 5.76. The Labute approximate surface area is 160 Å². The van der Waals surface area contributed by atoms with E-state index in [1.54, 1.807) is 24.1 Å². The van der Waals surface area contributed by atoms with Gasteiger partial charge >= 0.3 is 0 Å². The number of hydrogen-bond acceptors (Lipinski definition) is 3. The minimum atomic E-state index is -0.262. The third-order valence-electron chi connectivity index (χ3n) is 4.53. The predicted octanol–water partition coefficient (Wildman–Crippen LogP) is 2.93. The van der Waals surface area contributed by atoms with E-state index in [0.29, 0.717) is 18.7 Å². The van der Waals surface area contributed by atoms with E-state index >= 15 is 0 Å². The summed E-state index contributed by atoms with van der Waals surface area (Å²) in [5, 5.41) is 2.81. The molecule has 5 nitrogen and oxygen atoms in total. The fourth-order valence-electron chi connectivity index (χ4n) is 3.05. The first-order chi connectivity index (χ1) is 12.8. The maximum absolute atomic E-state index is 13.1. The third-order valence-corrected chi connectivity index (χ3v) is 4.53. The van der Waals surface area contributed by atoms with E-state index in [1.807, 2.05) is 26.8 Å². The zero-order valence-electron chi connectivity index (χ0n) is 16.5. The highest BCUT2D eigenvalue weighted by atomic mass is 19.1. The first-order valence-electron chi connectivity index (χ1n) is 9.21. The summed E-state index contributed by atoms with van der Waals surface area (Å²) < 4.78 is 15.1. The van der Waals surface area contributed by atoms with Crippen LogP contribution in [0, 0.1) is 19.7 Å². The number of carbonyl (C=O) groups excluding carboxylic acids is 2. The lowest BCUT2D eigenvalue weighted by Gasteiger charge is -2.15. The number of aromatic nitrogens is 1. The SMILES string of the molecule is CCCNC(=O)CN(C)CC(=O)c1cc(C)n(Cc2ccc(F)cc2)c1C. The Morgan fingerprint density at radius 3 is 2.44 bits per heavy atom. The van der Waals surface area contributed by atoms with Crippen molar-refractivity contribution in [3.63, 3.8) is 0 Å². The second kappa shape index (κ2) is 9.46. The van der Waals surface area contributed by atoms with Gasteiger partial charge in [-0.3, -0.25) is 14.5 Å². The first-order valence-corrected chi connectivity index (χ1v) is 9.21. The standard InChI is InChI=1S/C21H28FN3O2/c1-5-10-23-21(27)14-24(4)13-20(26)19-11-15(2)25(16(19)3)12-17-6-8-18(22)9-7-17/h6-9,11H,5,10,12-14H2,1-4H3,(H,23,27). The molecule has 1 amide bonds. The normalized spacial score (nSPS) is 11.0. The van der Waals surface area contributed by atoms with Gasteiger partial charge in [-0.1, -0.05) is 19.1 Å². The molecule has 0 saturated heterocycles. The molecule has 2 rings (SSSR count).